The lowest BCUT2D eigenvalue weighted by molar-refractivity contribution is -0.136. The minimum Gasteiger partial charge on any atom is -0.481 e. The molecule has 1 rings (SSSR count). The molecule has 0 spiro atoms. The highest BCUT2D eigenvalue weighted by molar-refractivity contribution is 5.75. The summed E-state index contributed by atoms with van der Waals surface area (Å²) in [6, 6.07) is -0.159. The molecule has 0 bridgehead atoms. The van der Waals surface area contributed by atoms with Crippen molar-refractivity contribution in [2.24, 2.45) is 0 Å². The van der Waals surface area contributed by atoms with E-state index in [0.29, 0.717) is 13.1 Å². The molecule has 2 N–H and O–H groups in total. The predicted molar refractivity (Wildman–Crippen MR) is 72.2 cm³/mol. The lowest BCUT2D eigenvalue weighted by atomic mass is 10.3. The number of carbonyl (C=O) groups excluding carboxylic acids is 1. The lowest BCUT2D eigenvalue weighted by Crippen LogP contribution is -2.52. The van der Waals surface area contributed by atoms with Crippen LogP contribution >= 0.6 is 0 Å². The van der Waals surface area contributed by atoms with Crippen LogP contribution < -0.4 is 5.32 Å². The molecule has 0 aliphatic carbocycles. The average molecular weight is 272 g/mol. The highest BCUT2D eigenvalue weighted by Crippen LogP contribution is 2.01. The largest absolute Gasteiger partial charge is 0.481 e. The summed E-state index contributed by atoms with van der Waals surface area (Å²) in [4.78, 5) is 28.3. The third-order valence-electron chi connectivity index (χ3n) is 3.14. The number of carbonyl (C=O) groups is 2. The quantitative estimate of drug-likeness (QED) is 0.672. The van der Waals surface area contributed by atoms with E-state index in [1.807, 2.05) is 14.1 Å². The van der Waals surface area contributed by atoms with Gasteiger partial charge in [0.1, 0.15) is 0 Å². The average Bonchev–Trinajstić information content (AvgIpc) is 2.36. The molecule has 1 fully saturated rings. The number of piperazine rings is 1. The zero-order valence-corrected chi connectivity index (χ0v) is 11.8. The van der Waals surface area contributed by atoms with E-state index < -0.39 is 5.97 Å². The SMILES string of the molecule is CN(C)CCN1CCN(C(=O)NCCC(=O)O)CC1. The second kappa shape index (κ2) is 7.96. The van der Waals surface area contributed by atoms with Gasteiger partial charge in [-0.15, -0.1) is 0 Å². The van der Waals surface area contributed by atoms with Crippen LogP contribution in [0, 0.1) is 0 Å². The Hall–Kier alpha value is -1.34. The smallest absolute Gasteiger partial charge is 0.317 e. The van der Waals surface area contributed by atoms with Crippen molar-refractivity contribution >= 4 is 12.0 Å². The summed E-state index contributed by atoms with van der Waals surface area (Å²) in [5.74, 6) is -0.895. The molecule has 19 heavy (non-hydrogen) atoms. The summed E-state index contributed by atoms with van der Waals surface area (Å²) in [5, 5.41) is 11.1. The molecule has 0 radical (unpaired) electrons. The van der Waals surface area contributed by atoms with Crippen molar-refractivity contribution in [1.29, 1.82) is 0 Å². The molecule has 1 heterocycles. The van der Waals surface area contributed by atoms with Crippen LogP contribution in [0.5, 0.6) is 0 Å². The van der Waals surface area contributed by atoms with Crippen LogP contribution in [-0.2, 0) is 4.79 Å². The molecule has 1 aliphatic rings. The summed E-state index contributed by atoms with van der Waals surface area (Å²) in [5.41, 5.74) is 0. The van der Waals surface area contributed by atoms with Crippen LogP contribution in [0.3, 0.4) is 0 Å². The zero-order chi connectivity index (χ0) is 14.3. The number of nitrogens with one attached hydrogen (secondary N) is 1. The molecular weight excluding hydrogens is 248 g/mol. The van der Waals surface area contributed by atoms with Crippen molar-refractivity contribution in [2.75, 3.05) is 59.9 Å². The molecule has 110 valence electrons. The number of urea groups is 1. The maximum absolute atomic E-state index is 11.7. The molecule has 2 amide bonds. The molecule has 1 saturated heterocycles. The number of rotatable bonds is 6. The number of carboxylic acid groups (broad SMARTS) is 1. The predicted octanol–water partition coefficient (Wildman–Crippen LogP) is -0.650. The van der Waals surface area contributed by atoms with Gasteiger partial charge in [-0.2, -0.15) is 0 Å². The molecule has 0 atom stereocenters. The van der Waals surface area contributed by atoms with Gasteiger partial charge in [0.25, 0.3) is 0 Å². The maximum Gasteiger partial charge on any atom is 0.317 e. The Morgan fingerprint density at radius 2 is 1.84 bits per heavy atom. The standard InChI is InChI=1S/C12H24N4O3/c1-14(2)5-6-15-7-9-16(10-8-15)12(19)13-4-3-11(17)18/h3-10H2,1-2H3,(H,13,19)(H,17,18). The van der Waals surface area contributed by atoms with Crippen molar-refractivity contribution in [3.63, 3.8) is 0 Å². The second-order valence-electron chi connectivity index (χ2n) is 5.01. The van der Waals surface area contributed by atoms with Crippen molar-refractivity contribution < 1.29 is 14.7 Å². The Balaban J connectivity index is 2.18. The van der Waals surface area contributed by atoms with E-state index in [4.69, 9.17) is 5.11 Å². The molecule has 7 nitrogen and oxygen atoms in total. The molecular formula is C12H24N4O3. The van der Waals surface area contributed by atoms with Gasteiger partial charge in [0.2, 0.25) is 0 Å². The van der Waals surface area contributed by atoms with E-state index in [1.165, 1.54) is 0 Å². The first-order valence-corrected chi connectivity index (χ1v) is 6.60. The Morgan fingerprint density at radius 3 is 2.37 bits per heavy atom. The fraction of sp³-hybridized carbons (Fsp3) is 0.833. The van der Waals surface area contributed by atoms with Gasteiger partial charge in [-0.3, -0.25) is 9.69 Å². The first-order valence-electron chi connectivity index (χ1n) is 6.60. The van der Waals surface area contributed by atoms with Crippen LogP contribution in [0.4, 0.5) is 4.79 Å². The van der Waals surface area contributed by atoms with Gasteiger partial charge < -0.3 is 20.2 Å². The Kier molecular flexibility index (Phi) is 6.58. The molecule has 7 heteroatoms. The summed E-state index contributed by atoms with van der Waals surface area (Å²) < 4.78 is 0. The van der Waals surface area contributed by atoms with Crippen molar-refractivity contribution in [1.82, 2.24) is 20.0 Å². The molecule has 0 aromatic heterocycles. The van der Waals surface area contributed by atoms with Gasteiger partial charge in [0, 0.05) is 45.8 Å². The van der Waals surface area contributed by atoms with Gasteiger partial charge in [0.05, 0.1) is 6.42 Å². The van der Waals surface area contributed by atoms with E-state index in [2.05, 4.69) is 15.1 Å². The summed E-state index contributed by atoms with van der Waals surface area (Å²) in [6.45, 7) is 5.38. The number of hydrogen-bond acceptors (Lipinski definition) is 4. The van der Waals surface area contributed by atoms with Crippen LogP contribution in [-0.4, -0.2) is 91.7 Å². The van der Waals surface area contributed by atoms with E-state index in [-0.39, 0.29) is 19.0 Å². The number of aliphatic carboxylic acids is 1. The van der Waals surface area contributed by atoms with E-state index in [0.717, 1.165) is 26.2 Å². The zero-order valence-electron chi connectivity index (χ0n) is 11.8. The van der Waals surface area contributed by atoms with Gasteiger partial charge in [-0.1, -0.05) is 0 Å². The monoisotopic (exact) mass is 272 g/mol. The van der Waals surface area contributed by atoms with Crippen LogP contribution in [0.1, 0.15) is 6.42 Å². The molecule has 0 saturated carbocycles. The van der Waals surface area contributed by atoms with Crippen LogP contribution in [0.2, 0.25) is 0 Å². The van der Waals surface area contributed by atoms with Gasteiger partial charge in [0.15, 0.2) is 0 Å². The maximum atomic E-state index is 11.7. The minimum atomic E-state index is -0.895. The first kappa shape index (κ1) is 15.7. The highest BCUT2D eigenvalue weighted by Gasteiger charge is 2.20. The number of amides is 2. The molecule has 0 aromatic rings. The van der Waals surface area contributed by atoms with Crippen molar-refractivity contribution in [3.8, 4) is 0 Å². The number of carboxylic acids is 1. The number of hydrogen-bond donors (Lipinski definition) is 2. The number of likely N-dealkylation sites (N-methyl/N-ethyl adjacent to an activating group) is 1. The molecule has 0 unspecified atom stereocenters. The van der Waals surface area contributed by atoms with E-state index in [9.17, 15) is 9.59 Å². The summed E-state index contributed by atoms with van der Waals surface area (Å²) >= 11 is 0. The topological polar surface area (TPSA) is 76.1 Å². The van der Waals surface area contributed by atoms with Gasteiger partial charge >= 0.3 is 12.0 Å². The summed E-state index contributed by atoms with van der Waals surface area (Å²) in [7, 11) is 4.10. The third-order valence-corrected chi connectivity index (χ3v) is 3.14. The Bertz CT molecular complexity index is 301. The fourth-order valence-corrected chi connectivity index (χ4v) is 1.90. The van der Waals surface area contributed by atoms with E-state index in [1.54, 1.807) is 4.90 Å². The van der Waals surface area contributed by atoms with Gasteiger partial charge in [-0.05, 0) is 14.1 Å². The fourth-order valence-electron chi connectivity index (χ4n) is 1.90. The lowest BCUT2D eigenvalue weighted by Gasteiger charge is -2.35. The summed E-state index contributed by atoms with van der Waals surface area (Å²) in [6.07, 6.45) is -0.0332. The van der Waals surface area contributed by atoms with Crippen LogP contribution in [0.25, 0.3) is 0 Å². The van der Waals surface area contributed by atoms with Gasteiger partial charge in [-0.25, -0.2) is 4.79 Å². The first-order chi connectivity index (χ1) is 8.99. The Morgan fingerprint density at radius 1 is 1.21 bits per heavy atom. The molecule has 1 aliphatic heterocycles. The highest BCUT2D eigenvalue weighted by atomic mass is 16.4. The number of nitrogens with zero attached hydrogens (tertiary/aromatic N) is 3. The van der Waals surface area contributed by atoms with Crippen molar-refractivity contribution in [3.05, 3.63) is 0 Å². The third kappa shape index (κ3) is 6.40. The van der Waals surface area contributed by atoms with E-state index >= 15 is 0 Å². The van der Waals surface area contributed by atoms with Crippen LogP contribution in [0.15, 0.2) is 0 Å². The Labute approximate surface area is 114 Å². The minimum absolute atomic E-state index is 0.0332. The normalized spacial score (nSPS) is 16.7. The second-order valence-corrected chi connectivity index (χ2v) is 5.01. The van der Waals surface area contributed by atoms with Crippen molar-refractivity contribution in [2.45, 2.75) is 6.42 Å². The molecule has 0 aromatic carbocycles.